The lowest BCUT2D eigenvalue weighted by atomic mass is 10.1. The SMILES string of the molecule is CCN(CC)CCNC(=O)c1cc(Cl)c(NC2=NCCO2)cc1OC. The van der Waals surface area contributed by atoms with Crippen LogP contribution >= 0.6 is 11.6 Å². The molecule has 1 aliphatic heterocycles. The predicted octanol–water partition coefficient (Wildman–Crippen LogP) is 2.22. The first-order valence-corrected chi connectivity index (χ1v) is 8.79. The molecule has 0 fully saturated rings. The van der Waals surface area contributed by atoms with E-state index in [0.717, 1.165) is 19.6 Å². The van der Waals surface area contributed by atoms with Crippen LogP contribution in [0.1, 0.15) is 24.2 Å². The summed E-state index contributed by atoms with van der Waals surface area (Å²) in [6, 6.07) is 3.68. The molecule has 0 spiro atoms. The molecule has 0 radical (unpaired) electrons. The van der Waals surface area contributed by atoms with E-state index in [0.29, 0.717) is 47.7 Å². The fourth-order valence-electron chi connectivity index (χ4n) is 2.48. The number of methoxy groups -OCH3 is 1. The first kappa shape index (κ1) is 19.3. The van der Waals surface area contributed by atoms with Gasteiger partial charge < -0.3 is 25.0 Å². The van der Waals surface area contributed by atoms with Gasteiger partial charge in [0.1, 0.15) is 12.4 Å². The summed E-state index contributed by atoms with van der Waals surface area (Å²) in [5.74, 6) is 0.220. The number of ether oxygens (including phenoxy) is 2. The second-order valence-corrected chi connectivity index (χ2v) is 5.88. The lowest BCUT2D eigenvalue weighted by molar-refractivity contribution is 0.0946. The Morgan fingerprint density at radius 1 is 1.40 bits per heavy atom. The lowest BCUT2D eigenvalue weighted by Crippen LogP contribution is -2.34. The summed E-state index contributed by atoms with van der Waals surface area (Å²) in [5.41, 5.74) is 0.978. The van der Waals surface area contributed by atoms with Gasteiger partial charge in [-0.05, 0) is 19.2 Å². The summed E-state index contributed by atoms with van der Waals surface area (Å²) in [5, 5.41) is 6.30. The maximum Gasteiger partial charge on any atom is 0.289 e. The number of likely N-dealkylation sites (N-methyl/N-ethyl adjacent to an activating group) is 1. The normalized spacial score (nSPS) is 13.4. The molecule has 0 atom stereocenters. The second-order valence-electron chi connectivity index (χ2n) is 5.48. The average Bonchev–Trinajstić information content (AvgIpc) is 3.13. The maximum atomic E-state index is 12.5. The maximum absolute atomic E-state index is 12.5. The third-order valence-electron chi connectivity index (χ3n) is 3.97. The van der Waals surface area contributed by atoms with Gasteiger partial charge in [0.05, 0.1) is 29.9 Å². The molecule has 1 amide bonds. The number of aliphatic imine (C=N–C) groups is 1. The minimum atomic E-state index is -0.216. The predicted molar refractivity (Wildman–Crippen MR) is 100 cm³/mol. The molecular formula is C17H25ClN4O3. The van der Waals surface area contributed by atoms with Gasteiger partial charge in [-0.1, -0.05) is 25.4 Å². The third-order valence-corrected chi connectivity index (χ3v) is 4.28. The minimum Gasteiger partial charge on any atom is -0.496 e. The van der Waals surface area contributed by atoms with Gasteiger partial charge in [0.15, 0.2) is 0 Å². The van der Waals surface area contributed by atoms with Crippen LogP contribution in [0.3, 0.4) is 0 Å². The van der Waals surface area contributed by atoms with E-state index >= 15 is 0 Å². The molecule has 25 heavy (non-hydrogen) atoms. The van der Waals surface area contributed by atoms with E-state index in [9.17, 15) is 4.79 Å². The zero-order valence-electron chi connectivity index (χ0n) is 14.9. The lowest BCUT2D eigenvalue weighted by Gasteiger charge is -2.18. The summed E-state index contributed by atoms with van der Waals surface area (Å²) in [4.78, 5) is 18.8. The minimum absolute atomic E-state index is 0.216. The van der Waals surface area contributed by atoms with Crippen LogP contribution in [0.5, 0.6) is 5.75 Å². The van der Waals surface area contributed by atoms with Crippen LogP contribution in [0.2, 0.25) is 5.02 Å². The van der Waals surface area contributed by atoms with Crippen molar-refractivity contribution in [3.63, 3.8) is 0 Å². The van der Waals surface area contributed by atoms with Crippen LogP contribution in [0.25, 0.3) is 0 Å². The van der Waals surface area contributed by atoms with Gasteiger partial charge in [-0.3, -0.25) is 4.79 Å². The number of carbonyl (C=O) groups excluding carboxylic acids is 1. The molecule has 138 valence electrons. The third kappa shape index (κ3) is 5.24. The number of amidine groups is 1. The second kappa shape index (κ2) is 9.48. The van der Waals surface area contributed by atoms with Crippen molar-refractivity contribution in [2.75, 3.05) is 51.8 Å². The molecule has 8 heteroatoms. The molecule has 2 N–H and O–H groups in total. The Bertz CT molecular complexity index is 633. The van der Waals surface area contributed by atoms with Crippen LogP contribution in [0.15, 0.2) is 17.1 Å². The van der Waals surface area contributed by atoms with Crippen LogP contribution in [-0.2, 0) is 4.74 Å². The Balaban J connectivity index is 2.06. The summed E-state index contributed by atoms with van der Waals surface area (Å²) in [7, 11) is 1.52. The number of rotatable bonds is 8. The molecule has 0 saturated carbocycles. The number of halogens is 1. The fraction of sp³-hybridized carbons (Fsp3) is 0.529. The van der Waals surface area contributed by atoms with Crippen molar-refractivity contribution in [1.82, 2.24) is 10.2 Å². The Morgan fingerprint density at radius 3 is 2.76 bits per heavy atom. The number of carbonyl (C=O) groups is 1. The van der Waals surface area contributed by atoms with E-state index in [4.69, 9.17) is 21.1 Å². The molecule has 1 aliphatic rings. The first-order chi connectivity index (χ1) is 12.1. The van der Waals surface area contributed by atoms with E-state index in [1.807, 2.05) is 0 Å². The highest BCUT2D eigenvalue weighted by molar-refractivity contribution is 6.34. The molecular weight excluding hydrogens is 344 g/mol. The molecule has 0 aliphatic carbocycles. The summed E-state index contributed by atoms with van der Waals surface area (Å²) < 4.78 is 10.7. The van der Waals surface area contributed by atoms with Crippen molar-refractivity contribution < 1.29 is 14.3 Å². The molecule has 0 bridgehead atoms. The number of amides is 1. The van der Waals surface area contributed by atoms with Gasteiger partial charge >= 0.3 is 0 Å². The molecule has 0 saturated heterocycles. The van der Waals surface area contributed by atoms with Crippen molar-refractivity contribution >= 4 is 29.2 Å². The standard InChI is InChI=1S/C17H25ClN4O3/c1-4-22(5-2)8-6-19-16(23)12-10-13(18)14(11-15(12)24-3)21-17-20-7-9-25-17/h10-11H,4-9H2,1-3H3,(H,19,23)(H,20,21). The van der Waals surface area contributed by atoms with Crippen LogP contribution < -0.4 is 15.4 Å². The molecule has 1 aromatic carbocycles. The van der Waals surface area contributed by atoms with E-state index in [1.165, 1.54) is 7.11 Å². The Morgan fingerprint density at radius 2 is 2.16 bits per heavy atom. The Kier molecular flexibility index (Phi) is 7.33. The van der Waals surface area contributed by atoms with Crippen LogP contribution in [0, 0.1) is 0 Å². The monoisotopic (exact) mass is 368 g/mol. The van der Waals surface area contributed by atoms with Gasteiger partial charge in [-0.15, -0.1) is 0 Å². The highest BCUT2D eigenvalue weighted by atomic mass is 35.5. The largest absolute Gasteiger partial charge is 0.496 e. The highest BCUT2D eigenvalue weighted by Gasteiger charge is 2.18. The van der Waals surface area contributed by atoms with Gasteiger partial charge in [0.25, 0.3) is 11.9 Å². The van der Waals surface area contributed by atoms with Crippen molar-refractivity contribution in [2.24, 2.45) is 4.99 Å². The van der Waals surface area contributed by atoms with Crippen molar-refractivity contribution in [2.45, 2.75) is 13.8 Å². The van der Waals surface area contributed by atoms with E-state index in [1.54, 1.807) is 12.1 Å². The van der Waals surface area contributed by atoms with E-state index in [-0.39, 0.29) is 5.91 Å². The van der Waals surface area contributed by atoms with Crippen molar-refractivity contribution in [1.29, 1.82) is 0 Å². The summed E-state index contributed by atoms with van der Waals surface area (Å²) >= 11 is 6.29. The molecule has 1 heterocycles. The van der Waals surface area contributed by atoms with Gasteiger partial charge in [0.2, 0.25) is 0 Å². The number of benzene rings is 1. The quantitative estimate of drug-likeness (QED) is 0.736. The van der Waals surface area contributed by atoms with Gasteiger partial charge in [-0.25, -0.2) is 4.99 Å². The first-order valence-electron chi connectivity index (χ1n) is 8.41. The van der Waals surface area contributed by atoms with E-state index < -0.39 is 0 Å². The number of nitrogens with zero attached hydrogens (tertiary/aromatic N) is 2. The fourth-order valence-corrected chi connectivity index (χ4v) is 2.69. The molecule has 1 aromatic rings. The molecule has 0 aromatic heterocycles. The molecule has 2 rings (SSSR count). The number of anilines is 1. The van der Waals surface area contributed by atoms with Crippen LogP contribution in [-0.4, -0.2) is 63.3 Å². The summed E-state index contributed by atoms with van der Waals surface area (Å²) in [6.45, 7) is 8.61. The van der Waals surface area contributed by atoms with E-state index in [2.05, 4.69) is 34.4 Å². The highest BCUT2D eigenvalue weighted by Crippen LogP contribution is 2.31. The summed E-state index contributed by atoms with van der Waals surface area (Å²) in [6.07, 6.45) is 0. The Labute approximate surface area is 153 Å². The van der Waals surface area contributed by atoms with Gasteiger partial charge in [-0.2, -0.15) is 0 Å². The zero-order chi connectivity index (χ0) is 18.2. The Hall–Kier alpha value is -1.99. The van der Waals surface area contributed by atoms with Crippen molar-refractivity contribution in [3.05, 3.63) is 22.7 Å². The van der Waals surface area contributed by atoms with Crippen LogP contribution in [0.4, 0.5) is 5.69 Å². The number of hydrogen-bond acceptors (Lipinski definition) is 6. The average molecular weight is 369 g/mol. The topological polar surface area (TPSA) is 75.2 Å². The number of hydrogen-bond donors (Lipinski definition) is 2. The van der Waals surface area contributed by atoms with Gasteiger partial charge in [0, 0.05) is 19.2 Å². The molecule has 7 nitrogen and oxygen atoms in total. The van der Waals surface area contributed by atoms with Crippen molar-refractivity contribution in [3.8, 4) is 5.75 Å². The molecule has 0 unspecified atom stereocenters. The zero-order valence-corrected chi connectivity index (χ0v) is 15.7. The smallest absolute Gasteiger partial charge is 0.289 e. The number of nitrogens with one attached hydrogen (secondary N) is 2.